The van der Waals surface area contributed by atoms with Crippen LogP contribution in [0.1, 0.15) is 0 Å². The fourth-order valence-corrected chi connectivity index (χ4v) is 2.36. The number of rotatable bonds is 4. The van der Waals surface area contributed by atoms with Crippen LogP contribution in [0.25, 0.3) is 0 Å². The fraction of sp³-hybridized carbons (Fsp3) is 0.364. The fourth-order valence-electron chi connectivity index (χ4n) is 1.43. The number of ether oxygens (including phenoxy) is 1. The number of carbonyl (C=O) groups excluding carboxylic acids is 1. The van der Waals surface area contributed by atoms with Crippen molar-refractivity contribution in [3.05, 3.63) is 24.3 Å². The molecule has 0 saturated carbocycles. The van der Waals surface area contributed by atoms with Gasteiger partial charge in [-0.3, -0.25) is 4.79 Å². The van der Waals surface area contributed by atoms with Gasteiger partial charge in [-0.05, 0) is 12.1 Å². The normalized spacial score (nSPS) is 11.0. The van der Waals surface area contributed by atoms with E-state index in [1.54, 1.807) is 30.1 Å². The second-order valence-corrected chi connectivity index (χ2v) is 5.66. The number of esters is 1. The first kappa shape index (κ1) is 13.5. The molecule has 0 saturated heterocycles. The van der Waals surface area contributed by atoms with E-state index in [9.17, 15) is 13.2 Å². The monoisotopic (exact) mass is 257 g/mol. The van der Waals surface area contributed by atoms with Gasteiger partial charge in [-0.25, -0.2) is 8.42 Å². The smallest absolute Gasteiger partial charge is 0.325 e. The summed E-state index contributed by atoms with van der Waals surface area (Å²) in [7, 11) is -0.385. The van der Waals surface area contributed by atoms with Gasteiger partial charge in [0.2, 0.25) is 0 Å². The first-order valence-electron chi connectivity index (χ1n) is 4.93. The molecule has 0 atom stereocenters. The molecule has 0 N–H and O–H groups in total. The van der Waals surface area contributed by atoms with E-state index in [2.05, 4.69) is 4.74 Å². The number of anilines is 1. The summed E-state index contributed by atoms with van der Waals surface area (Å²) >= 11 is 0. The third-order valence-corrected chi connectivity index (χ3v) is 3.41. The number of benzene rings is 1. The van der Waals surface area contributed by atoms with E-state index < -0.39 is 15.8 Å². The van der Waals surface area contributed by atoms with Crippen LogP contribution in [0.4, 0.5) is 5.69 Å². The maximum absolute atomic E-state index is 11.6. The minimum atomic E-state index is -3.31. The number of methoxy groups -OCH3 is 1. The quantitative estimate of drug-likeness (QED) is 0.743. The van der Waals surface area contributed by atoms with Gasteiger partial charge in [0.15, 0.2) is 9.84 Å². The number of likely N-dealkylation sites (N-methyl/N-ethyl adjacent to an activating group) is 1. The van der Waals surface area contributed by atoms with Crippen LogP contribution in [0.5, 0.6) is 0 Å². The van der Waals surface area contributed by atoms with Crippen molar-refractivity contribution >= 4 is 21.5 Å². The zero-order valence-electron chi connectivity index (χ0n) is 10.0. The number of para-hydroxylation sites is 1. The largest absolute Gasteiger partial charge is 0.468 e. The Labute approximate surface area is 101 Å². The van der Waals surface area contributed by atoms with Crippen molar-refractivity contribution in [3.8, 4) is 0 Å². The van der Waals surface area contributed by atoms with Crippen LogP contribution in [0.2, 0.25) is 0 Å². The van der Waals surface area contributed by atoms with E-state index in [1.807, 2.05) is 0 Å². The van der Waals surface area contributed by atoms with Crippen LogP contribution in [0.15, 0.2) is 29.2 Å². The van der Waals surface area contributed by atoms with Crippen LogP contribution in [0.3, 0.4) is 0 Å². The molecule has 0 aliphatic heterocycles. The predicted octanol–water partition coefficient (Wildman–Crippen LogP) is 0.699. The van der Waals surface area contributed by atoms with Crippen LogP contribution >= 0.6 is 0 Å². The third kappa shape index (κ3) is 3.45. The maximum atomic E-state index is 11.6. The average molecular weight is 257 g/mol. The molecule has 1 aromatic rings. The van der Waals surface area contributed by atoms with Crippen molar-refractivity contribution in [2.24, 2.45) is 0 Å². The van der Waals surface area contributed by atoms with Crippen molar-refractivity contribution in [2.45, 2.75) is 4.90 Å². The molecule has 6 heteroatoms. The summed E-state index contributed by atoms with van der Waals surface area (Å²) in [5, 5.41) is 0. The van der Waals surface area contributed by atoms with Crippen molar-refractivity contribution < 1.29 is 17.9 Å². The molecular weight excluding hydrogens is 242 g/mol. The van der Waals surface area contributed by atoms with Crippen LogP contribution in [-0.4, -0.2) is 41.3 Å². The summed E-state index contributed by atoms with van der Waals surface area (Å²) in [6.07, 6.45) is 1.14. The molecule has 0 unspecified atom stereocenters. The molecule has 0 bridgehead atoms. The molecule has 0 fully saturated rings. The molecule has 0 aliphatic rings. The van der Waals surface area contributed by atoms with E-state index in [-0.39, 0.29) is 11.4 Å². The lowest BCUT2D eigenvalue weighted by atomic mass is 10.3. The minimum absolute atomic E-state index is 0.00301. The van der Waals surface area contributed by atoms with Crippen molar-refractivity contribution in [2.75, 3.05) is 31.9 Å². The number of sulfone groups is 1. The Bertz CT molecular complexity index is 510. The molecule has 0 radical (unpaired) electrons. The van der Waals surface area contributed by atoms with E-state index in [1.165, 1.54) is 13.2 Å². The highest BCUT2D eigenvalue weighted by Crippen LogP contribution is 2.23. The van der Waals surface area contributed by atoms with Gasteiger partial charge in [0, 0.05) is 13.3 Å². The van der Waals surface area contributed by atoms with Crippen molar-refractivity contribution in [1.82, 2.24) is 0 Å². The second-order valence-electron chi connectivity index (χ2n) is 3.67. The molecule has 0 aromatic heterocycles. The number of hydrogen-bond donors (Lipinski definition) is 0. The van der Waals surface area contributed by atoms with Crippen molar-refractivity contribution in [3.63, 3.8) is 0 Å². The molecule has 0 spiro atoms. The summed E-state index contributed by atoms with van der Waals surface area (Å²) in [6, 6.07) is 6.53. The Morgan fingerprint density at radius 3 is 2.47 bits per heavy atom. The number of hydrogen-bond acceptors (Lipinski definition) is 5. The third-order valence-electron chi connectivity index (χ3n) is 2.27. The van der Waals surface area contributed by atoms with Gasteiger partial charge in [-0.1, -0.05) is 12.1 Å². The van der Waals surface area contributed by atoms with Gasteiger partial charge in [0.1, 0.15) is 6.54 Å². The maximum Gasteiger partial charge on any atom is 0.325 e. The highest BCUT2D eigenvalue weighted by molar-refractivity contribution is 7.90. The van der Waals surface area contributed by atoms with Gasteiger partial charge < -0.3 is 9.64 Å². The molecule has 5 nitrogen and oxygen atoms in total. The highest BCUT2D eigenvalue weighted by Gasteiger charge is 2.17. The van der Waals surface area contributed by atoms with E-state index in [0.717, 1.165) is 6.26 Å². The van der Waals surface area contributed by atoms with Gasteiger partial charge >= 0.3 is 5.97 Å². The van der Waals surface area contributed by atoms with E-state index in [0.29, 0.717) is 5.69 Å². The zero-order chi connectivity index (χ0) is 13.1. The molecule has 1 rings (SSSR count). The van der Waals surface area contributed by atoms with Gasteiger partial charge in [-0.2, -0.15) is 0 Å². The van der Waals surface area contributed by atoms with Crippen LogP contribution in [0, 0.1) is 0 Å². The van der Waals surface area contributed by atoms with Gasteiger partial charge in [-0.15, -0.1) is 0 Å². The SMILES string of the molecule is COC(=O)CN(C)c1ccccc1S(C)(=O)=O. The Morgan fingerprint density at radius 2 is 1.94 bits per heavy atom. The molecule has 17 heavy (non-hydrogen) atoms. The summed E-state index contributed by atoms with van der Waals surface area (Å²) in [6.45, 7) is 0.00301. The molecular formula is C11H15NO4S. The van der Waals surface area contributed by atoms with Crippen LogP contribution in [-0.2, 0) is 19.4 Å². The molecule has 0 aliphatic carbocycles. The Kier molecular flexibility index (Phi) is 4.11. The van der Waals surface area contributed by atoms with Gasteiger partial charge in [0.05, 0.1) is 17.7 Å². The average Bonchev–Trinajstić information content (AvgIpc) is 2.27. The zero-order valence-corrected chi connectivity index (χ0v) is 10.8. The second kappa shape index (κ2) is 5.18. The topological polar surface area (TPSA) is 63.7 Å². The molecule has 1 aromatic carbocycles. The number of carbonyl (C=O) groups is 1. The lowest BCUT2D eigenvalue weighted by molar-refractivity contribution is -0.138. The highest BCUT2D eigenvalue weighted by atomic mass is 32.2. The number of nitrogens with zero attached hydrogens (tertiary/aromatic N) is 1. The first-order valence-corrected chi connectivity index (χ1v) is 6.82. The minimum Gasteiger partial charge on any atom is -0.468 e. The predicted molar refractivity (Wildman–Crippen MR) is 64.8 cm³/mol. The Balaban J connectivity index is 3.10. The molecule has 0 amide bonds. The summed E-state index contributed by atoms with van der Waals surface area (Å²) in [5.74, 6) is -0.421. The van der Waals surface area contributed by atoms with Gasteiger partial charge in [0.25, 0.3) is 0 Å². The lowest BCUT2D eigenvalue weighted by Gasteiger charge is -2.20. The molecule has 94 valence electrons. The van der Waals surface area contributed by atoms with Crippen molar-refractivity contribution in [1.29, 1.82) is 0 Å². The summed E-state index contributed by atoms with van der Waals surface area (Å²) < 4.78 is 27.7. The Hall–Kier alpha value is -1.56. The summed E-state index contributed by atoms with van der Waals surface area (Å²) in [5.41, 5.74) is 0.486. The summed E-state index contributed by atoms with van der Waals surface area (Å²) in [4.78, 5) is 12.9. The first-order chi connectivity index (χ1) is 7.86. The molecule has 0 heterocycles. The van der Waals surface area contributed by atoms with E-state index in [4.69, 9.17) is 0 Å². The lowest BCUT2D eigenvalue weighted by Crippen LogP contribution is -2.27. The van der Waals surface area contributed by atoms with E-state index >= 15 is 0 Å². The Morgan fingerprint density at radius 1 is 1.35 bits per heavy atom. The standard InChI is InChI=1S/C11H15NO4S/c1-12(8-11(13)16-2)9-6-4-5-7-10(9)17(3,14)15/h4-7H,8H2,1-3H3. The van der Waals surface area contributed by atoms with Crippen LogP contribution < -0.4 is 4.90 Å².